The molecule has 1 aromatic heterocycles. The second-order valence-corrected chi connectivity index (χ2v) is 10.5. The summed E-state index contributed by atoms with van der Waals surface area (Å²) >= 11 is 0. The Morgan fingerprint density at radius 1 is 1.00 bits per heavy atom. The Bertz CT molecular complexity index is 1870. The lowest BCUT2D eigenvalue weighted by atomic mass is 9.96. The maximum atomic E-state index is 13.7. The Balaban J connectivity index is 1.48. The summed E-state index contributed by atoms with van der Waals surface area (Å²) in [6, 6.07) is 25.2. The van der Waals surface area contributed by atoms with E-state index in [1.165, 1.54) is 4.68 Å². The van der Waals surface area contributed by atoms with Gasteiger partial charge in [-0.3, -0.25) is 4.79 Å². The monoisotopic (exact) mass is 575 g/mol. The maximum absolute atomic E-state index is 13.7. The molecule has 0 aliphatic heterocycles. The number of carbonyl (C=O) groups is 1. The van der Waals surface area contributed by atoms with E-state index in [9.17, 15) is 14.7 Å². The van der Waals surface area contributed by atoms with E-state index >= 15 is 0 Å². The van der Waals surface area contributed by atoms with E-state index in [2.05, 4.69) is 18.9 Å². The van der Waals surface area contributed by atoms with Gasteiger partial charge in [-0.25, -0.2) is 9.78 Å². The Kier molecular flexibility index (Phi) is 8.66. The molecule has 0 saturated heterocycles. The van der Waals surface area contributed by atoms with Gasteiger partial charge in [0.2, 0.25) is 0 Å². The fourth-order valence-corrected chi connectivity index (χ4v) is 4.81. The third kappa shape index (κ3) is 6.48. The number of ether oxygens (including phenoxy) is 2. The van der Waals surface area contributed by atoms with E-state index < -0.39 is 5.97 Å². The molecule has 0 atom stereocenters. The molecule has 1 N–H and O–H groups in total. The number of nitrogens with zero attached hydrogens (tertiary/aromatic N) is 3. The molecule has 5 rings (SSSR count). The van der Waals surface area contributed by atoms with Gasteiger partial charge in [0.05, 0.1) is 29.3 Å². The number of benzene rings is 4. The molecule has 43 heavy (non-hydrogen) atoms. The Hall–Kier alpha value is -5.24. The topological polar surface area (TPSA) is 103 Å². The second-order valence-electron chi connectivity index (χ2n) is 10.5. The van der Waals surface area contributed by atoms with Crippen molar-refractivity contribution in [1.82, 2.24) is 9.66 Å². The largest absolute Gasteiger partial charge is 0.494 e. The van der Waals surface area contributed by atoms with Crippen LogP contribution in [0.5, 0.6) is 11.5 Å². The summed E-state index contributed by atoms with van der Waals surface area (Å²) in [4.78, 5) is 29.8. The zero-order chi connectivity index (χ0) is 30.5. The number of para-hydroxylation sites is 1. The van der Waals surface area contributed by atoms with Gasteiger partial charge in [-0.05, 0) is 103 Å². The van der Waals surface area contributed by atoms with Crippen molar-refractivity contribution in [3.63, 3.8) is 0 Å². The highest BCUT2D eigenvalue weighted by molar-refractivity contribution is 5.87. The van der Waals surface area contributed by atoms with Crippen LogP contribution >= 0.6 is 0 Å². The number of hydrogen-bond donors (Lipinski definition) is 1. The van der Waals surface area contributed by atoms with Crippen molar-refractivity contribution < 1.29 is 19.4 Å². The highest BCUT2D eigenvalue weighted by Crippen LogP contribution is 2.34. The van der Waals surface area contributed by atoms with Crippen LogP contribution in [0.15, 0.2) is 94.8 Å². The standard InChI is InChI=1S/C35H33N3O5/c1-5-42-32-17-23(4)30(19-29(32)22(2)3)33-37-31-12-7-6-11-28(31)34(39)38(33)36-20-24-13-15-27(16-14-24)43-21-25-9-8-10-26(18-25)35(40)41/h6-20,22H,5,21H2,1-4H3,(H,40,41). The van der Waals surface area contributed by atoms with Crippen molar-refractivity contribution in [2.75, 3.05) is 6.61 Å². The van der Waals surface area contributed by atoms with Gasteiger partial charge in [0, 0.05) is 5.56 Å². The van der Waals surface area contributed by atoms with E-state index in [0.717, 1.165) is 33.6 Å². The number of aryl methyl sites for hydroxylation is 1. The van der Waals surface area contributed by atoms with E-state index in [-0.39, 0.29) is 23.6 Å². The molecule has 8 heteroatoms. The first-order valence-electron chi connectivity index (χ1n) is 14.1. The van der Waals surface area contributed by atoms with Crippen LogP contribution in [0.2, 0.25) is 0 Å². The molecule has 0 unspecified atom stereocenters. The molecule has 0 bridgehead atoms. The Labute approximate surface area is 249 Å². The van der Waals surface area contributed by atoms with Crippen LogP contribution in [-0.2, 0) is 6.61 Å². The second kappa shape index (κ2) is 12.7. The summed E-state index contributed by atoms with van der Waals surface area (Å²) < 4.78 is 13.1. The third-order valence-corrected chi connectivity index (χ3v) is 7.06. The Morgan fingerprint density at radius 2 is 1.77 bits per heavy atom. The first-order chi connectivity index (χ1) is 20.7. The lowest BCUT2D eigenvalue weighted by molar-refractivity contribution is 0.0696. The summed E-state index contributed by atoms with van der Waals surface area (Å²) in [6.07, 6.45) is 1.62. The zero-order valence-electron chi connectivity index (χ0n) is 24.6. The van der Waals surface area contributed by atoms with Gasteiger partial charge in [-0.15, -0.1) is 0 Å². The minimum Gasteiger partial charge on any atom is -0.494 e. The molecule has 0 aliphatic rings. The first-order valence-corrected chi connectivity index (χ1v) is 14.1. The van der Waals surface area contributed by atoms with Gasteiger partial charge in [0.15, 0.2) is 5.82 Å². The number of fused-ring (bicyclic) bond motifs is 1. The van der Waals surface area contributed by atoms with E-state index in [1.807, 2.05) is 62.4 Å². The van der Waals surface area contributed by atoms with Crippen molar-refractivity contribution in [2.24, 2.45) is 5.10 Å². The van der Waals surface area contributed by atoms with Crippen LogP contribution < -0.4 is 15.0 Å². The minimum absolute atomic E-state index is 0.201. The molecule has 0 amide bonds. The minimum atomic E-state index is -0.979. The van der Waals surface area contributed by atoms with Crippen LogP contribution in [0.25, 0.3) is 22.3 Å². The third-order valence-electron chi connectivity index (χ3n) is 7.06. The number of carboxylic acids is 1. The molecule has 1 heterocycles. The van der Waals surface area contributed by atoms with Gasteiger partial charge in [0.1, 0.15) is 18.1 Å². The highest BCUT2D eigenvalue weighted by Gasteiger charge is 2.18. The summed E-state index contributed by atoms with van der Waals surface area (Å²) in [6.45, 7) is 8.95. The molecule has 0 saturated carbocycles. The molecule has 0 aliphatic carbocycles. The Morgan fingerprint density at radius 3 is 2.49 bits per heavy atom. The van der Waals surface area contributed by atoms with Crippen molar-refractivity contribution in [2.45, 2.75) is 40.2 Å². The van der Waals surface area contributed by atoms with Crippen LogP contribution in [0.4, 0.5) is 0 Å². The fourth-order valence-electron chi connectivity index (χ4n) is 4.81. The predicted octanol–water partition coefficient (Wildman–Crippen LogP) is 7.05. The lowest BCUT2D eigenvalue weighted by Crippen LogP contribution is -2.20. The van der Waals surface area contributed by atoms with E-state index in [0.29, 0.717) is 29.1 Å². The van der Waals surface area contributed by atoms with Crippen LogP contribution in [0.3, 0.4) is 0 Å². The highest BCUT2D eigenvalue weighted by atomic mass is 16.5. The van der Waals surface area contributed by atoms with Crippen LogP contribution in [0.1, 0.15) is 59.3 Å². The summed E-state index contributed by atoms with van der Waals surface area (Å²) in [5, 5.41) is 14.3. The average molecular weight is 576 g/mol. The average Bonchev–Trinajstić information content (AvgIpc) is 3.00. The normalized spacial score (nSPS) is 11.4. The summed E-state index contributed by atoms with van der Waals surface area (Å²) in [7, 11) is 0. The van der Waals surface area contributed by atoms with Gasteiger partial charge >= 0.3 is 5.97 Å². The van der Waals surface area contributed by atoms with E-state index in [1.54, 1.807) is 42.6 Å². The lowest BCUT2D eigenvalue weighted by Gasteiger charge is -2.18. The summed E-state index contributed by atoms with van der Waals surface area (Å²) in [5.41, 5.74) is 4.83. The SMILES string of the molecule is CCOc1cc(C)c(-c2nc3ccccc3c(=O)n2N=Cc2ccc(OCc3cccc(C(=O)O)c3)cc2)cc1C(C)C. The number of aromatic nitrogens is 2. The number of rotatable bonds is 10. The molecular weight excluding hydrogens is 542 g/mol. The molecule has 5 aromatic rings. The molecule has 0 fully saturated rings. The van der Waals surface area contributed by atoms with Crippen molar-refractivity contribution in [1.29, 1.82) is 0 Å². The van der Waals surface area contributed by atoms with Gasteiger partial charge in [0.25, 0.3) is 5.56 Å². The molecule has 218 valence electrons. The zero-order valence-corrected chi connectivity index (χ0v) is 24.6. The van der Waals surface area contributed by atoms with Gasteiger partial charge in [-0.2, -0.15) is 9.78 Å². The van der Waals surface area contributed by atoms with E-state index in [4.69, 9.17) is 14.5 Å². The number of aromatic carboxylic acids is 1. The molecule has 0 spiro atoms. The number of carboxylic acid groups (broad SMARTS) is 1. The van der Waals surface area contributed by atoms with Crippen molar-refractivity contribution in [3.05, 3.63) is 123 Å². The number of hydrogen-bond acceptors (Lipinski definition) is 6. The van der Waals surface area contributed by atoms with Gasteiger partial charge in [-0.1, -0.05) is 38.1 Å². The quantitative estimate of drug-likeness (QED) is 0.179. The van der Waals surface area contributed by atoms with Gasteiger partial charge < -0.3 is 14.6 Å². The summed E-state index contributed by atoms with van der Waals surface area (Å²) in [5.74, 6) is 1.12. The maximum Gasteiger partial charge on any atom is 0.335 e. The smallest absolute Gasteiger partial charge is 0.335 e. The predicted molar refractivity (Wildman–Crippen MR) is 169 cm³/mol. The molecule has 0 radical (unpaired) electrons. The molecule has 4 aromatic carbocycles. The van der Waals surface area contributed by atoms with Crippen LogP contribution in [-0.4, -0.2) is 33.6 Å². The molecule has 8 nitrogen and oxygen atoms in total. The fraction of sp³-hybridized carbons (Fsp3) is 0.200. The van der Waals surface area contributed by atoms with Crippen molar-refractivity contribution in [3.8, 4) is 22.9 Å². The first kappa shape index (κ1) is 29.3. The molecular formula is C35H33N3O5. The van der Waals surface area contributed by atoms with Crippen molar-refractivity contribution >= 4 is 23.1 Å². The van der Waals surface area contributed by atoms with Crippen LogP contribution in [0, 0.1) is 6.92 Å².